The van der Waals surface area contributed by atoms with E-state index in [0.29, 0.717) is 6.54 Å². The Morgan fingerprint density at radius 3 is 2.94 bits per heavy atom. The molecule has 0 unspecified atom stereocenters. The first-order chi connectivity index (χ1) is 8.75. The lowest BCUT2D eigenvalue weighted by molar-refractivity contribution is -0.127. The number of rotatable bonds is 3. The van der Waals surface area contributed by atoms with Crippen molar-refractivity contribution in [2.24, 2.45) is 13.0 Å². The van der Waals surface area contributed by atoms with Gasteiger partial charge in [0, 0.05) is 18.4 Å². The predicted octanol–water partition coefficient (Wildman–Crippen LogP) is 1.99. The van der Waals surface area contributed by atoms with E-state index >= 15 is 0 Å². The standard InChI is InChI=1S/C14H17N3O/c1-17-13-8-3-2-7-11(13)12(16-17)9-15-14(18)10-5-4-6-10/h2-3,7-8,10H,4-6,9H2,1H3,(H,15,18). The van der Waals surface area contributed by atoms with Crippen molar-refractivity contribution in [3.05, 3.63) is 30.0 Å². The second-order valence-corrected chi connectivity index (χ2v) is 4.93. The molecule has 1 aliphatic carbocycles. The molecule has 1 N–H and O–H groups in total. The summed E-state index contributed by atoms with van der Waals surface area (Å²) in [6, 6.07) is 8.09. The SMILES string of the molecule is Cn1nc(CNC(=O)C2CCC2)c2ccccc21. The molecule has 0 aliphatic heterocycles. The van der Waals surface area contributed by atoms with Gasteiger partial charge in [-0.3, -0.25) is 9.48 Å². The van der Waals surface area contributed by atoms with E-state index in [0.717, 1.165) is 29.4 Å². The molecule has 1 aromatic heterocycles. The van der Waals surface area contributed by atoms with E-state index in [1.807, 2.05) is 36.0 Å². The lowest BCUT2D eigenvalue weighted by atomic mass is 9.85. The number of aromatic nitrogens is 2. The highest BCUT2D eigenvalue weighted by atomic mass is 16.1. The number of hydrogen-bond donors (Lipinski definition) is 1. The number of nitrogens with one attached hydrogen (secondary N) is 1. The zero-order chi connectivity index (χ0) is 12.5. The van der Waals surface area contributed by atoms with Crippen LogP contribution in [0.2, 0.25) is 0 Å². The molecule has 1 amide bonds. The minimum atomic E-state index is 0.177. The lowest BCUT2D eigenvalue weighted by Gasteiger charge is -2.23. The molecule has 1 heterocycles. The van der Waals surface area contributed by atoms with Gasteiger partial charge >= 0.3 is 0 Å². The van der Waals surface area contributed by atoms with Crippen molar-refractivity contribution in [2.45, 2.75) is 25.8 Å². The fraction of sp³-hybridized carbons (Fsp3) is 0.429. The van der Waals surface area contributed by atoms with Gasteiger partial charge in [-0.05, 0) is 18.9 Å². The molecule has 3 rings (SSSR count). The number of para-hydroxylation sites is 1. The molecule has 2 aromatic rings. The van der Waals surface area contributed by atoms with Gasteiger partial charge in [-0.1, -0.05) is 24.6 Å². The van der Waals surface area contributed by atoms with Gasteiger partial charge in [0.1, 0.15) is 0 Å². The summed E-state index contributed by atoms with van der Waals surface area (Å²) < 4.78 is 1.86. The third-order valence-corrected chi connectivity index (χ3v) is 3.74. The molecule has 1 aliphatic rings. The van der Waals surface area contributed by atoms with Gasteiger partial charge in [-0.2, -0.15) is 5.10 Å². The van der Waals surface area contributed by atoms with Crippen LogP contribution in [-0.2, 0) is 18.4 Å². The first kappa shape index (κ1) is 11.3. The van der Waals surface area contributed by atoms with E-state index in [1.165, 1.54) is 6.42 Å². The maximum Gasteiger partial charge on any atom is 0.223 e. The van der Waals surface area contributed by atoms with Gasteiger partial charge in [-0.25, -0.2) is 0 Å². The Bertz CT molecular complexity index is 584. The highest BCUT2D eigenvalue weighted by Gasteiger charge is 2.25. The average molecular weight is 243 g/mol. The van der Waals surface area contributed by atoms with E-state index < -0.39 is 0 Å². The summed E-state index contributed by atoms with van der Waals surface area (Å²) in [5, 5.41) is 8.58. The maximum absolute atomic E-state index is 11.8. The normalized spacial score (nSPS) is 15.6. The van der Waals surface area contributed by atoms with Crippen molar-refractivity contribution >= 4 is 16.8 Å². The summed E-state index contributed by atoms with van der Waals surface area (Å²) in [5.74, 6) is 0.413. The third-order valence-electron chi connectivity index (χ3n) is 3.74. The van der Waals surface area contributed by atoms with E-state index in [9.17, 15) is 4.79 Å². The molecule has 1 aromatic carbocycles. The summed E-state index contributed by atoms with van der Waals surface area (Å²) in [5.41, 5.74) is 2.05. The Morgan fingerprint density at radius 1 is 1.44 bits per heavy atom. The zero-order valence-electron chi connectivity index (χ0n) is 10.5. The van der Waals surface area contributed by atoms with Gasteiger partial charge < -0.3 is 5.32 Å². The molecule has 4 heteroatoms. The second kappa shape index (κ2) is 4.44. The Hall–Kier alpha value is -1.84. The van der Waals surface area contributed by atoms with Crippen LogP contribution in [0.25, 0.3) is 10.9 Å². The number of carbonyl (C=O) groups excluding carboxylic acids is 1. The van der Waals surface area contributed by atoms with E-state index in [4.69, 9.17) is 0 Å². The van der Waals surface area contributed by atoms with Gasteiger partial charge in [0.15, 0.2) is 0 Å². The number of hydrogen-bond acceptors (Lipinski definition) is 2. The maximum atomic E-state index is 11.8. The smallest absolute Gasteiger partial charge is 0.223 e. The molecule has 0 saturated heterocycles. The van der Waals surface area contributed by atoms with Crippen LogP contribution in [0, 0.1) is 5.92 Å². The van der Waals surface area contributed by atoms with Crippen LogP contribution in [-0.4, -0.2) is 15.7 Å². The summed E-state index contributed by atoms with van der Waals surface area (Å²) in [6.45, 7) is 0.524. The van der Waals surface area contributed by atoms with Crippen molar-refractivity contribution in [1.29, 1.82) is 0 Å². The number of carbonyl (C=O) groups is 1. The lowest BCUT2D eigenvalue weighted by Crippen LogP contribution is -2.34. The molecule has 1 saturated carbocycles. The Kier molecular flexibility index (Phi) is 2.78. The number of fused-ring (bicyclic) bond motifs is 1. The fourth-order valence-electron chi connectivity index (χ4n) is 2.40. The largest absolute Gasteiger partial charge is 0.350 e. The molecular formula is C14H17N3O. The van der Waals surface area contributed by atoms with Crippen LogP contribution in [0.3, 0.4) is 0 Å². The monoisotopic (exact) mass is 243 g/mol. The Morgan fingerprint density at radius 2 is 2.22 bits per heavy atom. The molecule has 94 valence electrons. The quantitative estimate of drug-likeness (QED) is 0.896. The Balaban J connectivity index is 1.76. The highest BCUT2D eigenvalue weighted by molar-refractivity contribution is 5.83. The molecule has 1 fully saturated rings. The number of aryl methyl sites for hydroxylation is 1. The molecule has 0 spiro atoms. The van der Waals surface area contributed by atoms with E-state index in [2.05, 4.69) is 10.4 Å². The van der Waals surface area contributed by atoms with Crippen LogP contribution in [0.4, 0.5) is 0 Å². The predicted molar refractivity (Wildman–Crippen MR) is 69.9 cm³/mol. The number of benzene rings is 1. The number of amides is 1. The van der Waals surface area contributed by atoms with Crippen molar-refractivity contribution in [3.8, 4) is 0 Å². The summed E-state index contributed by atoms with van der Waals surface area (Å²) in [4.78, 5) is 11.8. The fourth-order valence-corrected chi connectivity index (χ4v) is 2.40. The topological polar surface area (TPSA) is 46.9 Å². The zero-order valence-corrected chi connectivity index (χ0v) is 10.5. The Labute approximate surface area is 106 Å². The van der Waals surface area contributed by atoms with E-state index in [-0.39, 0.29) is 11.8 Å². The van der Waals surface area contributed by atoms with Gasteiger partial charge in [0.2, 0.25) is 5.91 Å². The molecule has 0 atom stereocenters. The van der Waals surface area contributed by atoms with Gasteiger partial charge in [-0.15, -0.1) is 0 Å². The van der Waals surface area contributed by atoms with Gasteiger partial charge in [0.05, 0.1) is 17.8 Å². The molecule has 18 heavy (non-hydrogen) atoms. The molecule has 4 nitrogen and oxygen atoms in total. The highest BCUT2D eigenvalue weighted by Crippen LogP contribution is 2.26. The summed E-state index contributed by atoms with van der Waals surface area (Å²) >= 11 is 0. The molecular weight excluding hydrogens is 226 g/mol. The van der Waals surface area contributed by atoms with Crippen LogP contribution in [0.1, 0.15) is 25.0 Å². The summed E-state index contributed by atoms with van der Waals surface area (Å²) in [7, 11) is 1.93. The van der Waals surface area contributed by atoms with Crippen LogP contribution < -0.4 is 5.32 Å². The van der Waals surface area contributed by atoms with Crippen LogP contribution in [0.5, 0.6) is 0 Å². The van der Waals surface area contributed by atoms with Crippen LogP contribution in [0.15, 0.2) is 24.3 Å². The first-order valence-corrected chi connectivity index (χ1v) is 6.44. The minimum Gasteiger partial charge on any atom is -0.350 e. The van der Waals surface area contributed by atoms with Crippen LogP contribution >= 0.6 is 0 Å². The second-order valence-electron chi connectivity index (χ2n) is 4.93. The van der Waals surface area contributed by atoms with Crippen molar-refractivity contribution in [3.63, 3.8) is 0 Å². The number of nitrogens with zero attached hydrogens (tertiary/aromatic N) is 2. The molecule has 0 radical (unpaired) electrons. The minimum absolute atomic E-state index is 0.177. The molecule has 0 bridgehead atoms. The first-order valence-electron chi connectivity index (χ1n) is 6.44. The third kappa shape index (κ3) is 1.88. The average Bonchev–Trinajstić information content (AvgIpc) is 2.62. The van der Waals surface area contributed by atoms with Crippen molar-refractivity contribution < 1.29 is 4.79 Å². The van der Waals surface area contributed by atoms with Crippen molar-refractivity contribution in [2.75, 3.05) is 0 Å². The summed E-state index contributed by atoms with van der Waals surface area (Å²) in [6.07, 6.45) is 3.26. The van der Waals surface area contributed by atoms with Gasteiger partial charge in [0.25, 0.3) is 0 Å². The van der Waals surface area contributed by atoms with Crippen molar-refractivity contribution in [1.82, 2.24) is 15.1 Å². The van der Waals surface area contributed by atoms with E-state index in [1.54, 1.807) is 0 Å².